The predicted octanol–water partition coefficient (Wildman–Crippen LogP) is 0.751. The van der Waals surface area contributed by atoms with Crippen LogP contribution in [0.3, 0.4) is 0 Å². The number of amides is 1. The van der Waals surface area contributed by atoms with Crippen LogP contribution in [0.5, 0.6) is 0 Å². The van der Waals surface area contributed by atoms with Gasteiger partial charge in [0.25, 0.3) is 0 Å². The van der Waals surface area contributed by atoms with E-state index in [0.29, 0.717) is 0 Å². The molecule has 0 aliphatic rings. The molecule has 7 heteroatoms. The SMILES string of the molecule is COC(=O)[C@@](O)(c1ccccc1)[C@](NC(C)=O)(C(=O)OC)C(C)C. The van der Waals surface area contributed by atoms with Crippen LogP contribution in [0, 0.1) is 5.92 Å². The van der Waals surface area contributed by atoms with Crippen molar-refractivity contribution in [1.82, 2.24) is 5.32 Å². The average molecular weight is 337 g/mol. The largest absolute Gasteiger partial charge is 0.467 e. The first-order valence-corrected chi connectivity index (χ1v) is 7.41. The molecule has 0 radical (unpaired) electrons. The number of carbonyl (C=O) groups excluding carboxylic acids is 3. The third-order valence-electron chi connectivity index (χ3n) is 3.99. The topological polar surface area (TPSA) is 102 Å². The Bertz CT molecular complexity index is 615. The quantitative estimate of drug-likeness (QED) is 0.743. The van der Waals surface area contributed by atoms with Gasteiger partial charge in [-0.2, -0.15) is 0 Å². The number of methoxy groups -OCH3 is 2. The van der Waals surface area contributed by atoms with Gasteiger partial charge in [-0.25, -0.2) is 9.59 Å². The molecule has 0 heterocycles. The summed E-state index contributed by atoms with van der Waals surface area (Å²) in [6.45, 7) is 4.36. The van der Waals surface area contributed by atoms with Gasteiger partial charge in [-0.3, -0.25) is 4.79 Å². The van der Waals surface area contributed by atoms with Crippen molar-refractivity contribution in [3.63, 3.8) is 0 Å². The van der Waals surface area contributed by atoms with E-state index in [1.165, 1.54) is 19.1 Å². The molecule has 24 heavy (non-hydrogen) atoms. The summed E-state index contributed by atoms with van der Waals surface area (Å²) in [6.07, 6.45) is 0. The monoisotopic (exact) mass is 337 g/mol. The van der Waals surface area contributed by atoms with Gasteiger partial charge >= 0.3 is 11.9 Å². The standard InChI is InChI=1S/C17H23NO6/c1-11(2)16(14(20)23-4,18-12(3)19)17(22,15(21)24-5)13-9-7-6-8-10-13/h6-11,22H,1-5H3,(H,18,19)/t16-,17+/m1/s1. The molecule has 132 valence electrons. The van der Waals surface area contributed by atoms with Gasteiger partial charge in [-0.15, -0.1) is 0 Å². The van der Waals surface area contributed by atoms with E-state index in [0.717, 1.165) is 14.2 Å². The second-order valence-electron chi connectivity index (χ2n) is 5.70. The third kappa shape index (κ3) is 2.99. The Morgan fingerprint density at radius 1 is 1.04 bits per heavy atom. The number of esters is 2. The fourth-order valence-electron chi connectivity index (χ4n) is 2.86. The van der Waals surface area contributed by atoms with Crippen molar-refractivity contribution < 1.29 is 29.0 Å². The van der Waals surface area contributed by atoms with Gasteiger partial charge in [0, 0.05) is 6.92 Å². The molecule has 7 nitrogen and oxygen atoms in total. The number of nitrogens with one attached hydrogen (secondary N) is 1. The number of rotatable bonds is 6. The van der Waals surface area contributed by atoms with Crippen LogP contribution in [-0.2, 0) is 29.5 Å². The maximum atomic E-state index is 12.6. The van der Waals surface area contributed by atoms with Gasteiger partial charge < -0.3 is 19.9 Å². The Morgan fingerprint density at radius 3 is 1.92 bits per heavy atom. The molecule has 2 atom stereocenters. The van der Waals surface area contributed by atoms with Crippen molar-refractivity contribution in [3.05, 3.63) is 35.9 Å². The molecule has 0 aliphatic carbocycles. The van der Waals surface area contributed by atoms with Crippen LogP contribution in [0.2, 0.25) is 0 Å². The van der Waals surface area contributed by atoms with E-state index in [9.17, 15) is 19.5 Å². The molecular weight excluding hydrogens is 314 g/mol. The smallest absolute Gasteiger partial charge is 0.345 e. The van der Waals surface area contributed by atoms with E-state index >= 15 is 0 Å². The summed E-state index contributed by atoms with van der Waals surface area (Å²) in [7, 11) is 2.20. The highest BCUT2D eigenvalue weighted by atomic mass is 16.5. The maximum absolute atomic E-state index is 12.6. The van der Waals surface area contributed by atoms with E-state index in [2.05, 4.69) is 5.32 Å². The molecule has 1 rings (SSSR count). The molecule has 1 aromatic carbocycles. The molecular formula is C17H23NO6. The summed E-state index contributed by atoms with van der Waals surface area (Å²) in [5.41, 5.74) is -4.44. The lowest BCUT2D eigenvalue weighted by Gasteiger charge is -2.45. The van der Waals surface area contributed by atoms with E-state index in [1.54, 1.807) is 32.0 Å². The number of hydrogen-bond acceptors (Lipinski definition) is 6. The number of aliphatic hydroxyl groups is 1. The Kier molecular flexibility index (Phi) is 6.09. The Hall–Kier alpha value is -2.41. The molecule has 0 bridgehead atoms. The molecule has 2 N–H and O–H groups in total. The summed E-state index contributed by atoms with van der Waals surface area (Å²) < 4.78 is 9.57. The summed E-state index contributed by atoms with van der Waals surface area (Å²) in [4.78, 5) is 37.0. The minimum Gasteiger partial charge on any atom is -0.467 e. The normalized spacial score (nSPS) is 15.8. The molecule has 0 spiro atoms. The van der Waals surface area contributed by atoms with E-state index in [4.69, 9.17) is 9.47 Å². The van der Waals surface area contributed by atoms with Crippen LogP contribution < -0.4 is 5.32 Å². The summed E-state index contributed by atoms with van der Waals surface area (Å²) in [5.74, 6) is -3.34. The second kappa shape index (κ2) is 7.44. The first-order chi connectivity index (χ1) is 11.2. The van der Waals surface area contributed by atoms with Crippen molar-refractivity contribution >= 4 is 17.8 Å². The Balaban J connectivity index is 3.84. The summed E-state index contributed by atoms with van der Waals surface area (Å²) in [5, 5.41) is 13.8. The fraction of sp³-hybridized carbons (Fsp3) is 0.471. The zero-order chi connectivity index (χ0) is 18.5. The Morgan fingerprint density at radius 2 is 1.54 bits per heavy atom. The van der Waals surface area contributed by atoms with Crippen molar-refractivity contribution in [2.24, 2.45) is 5.92 Å². The van der Waals surface area contributed by atoms with Crippen molar-refractivity contribution in [2.75, 3.05) is 14.2 Å². The highest BCUT2D eigenvalue weighted by molar-refractivity contribution is 5.97. The molecule has 0 aromatic heterocycles. The number of carbonyl (C=O) groups is 3. The van der Waals surface area contributed by atoms with Gasteiger partial charge in [0.15, 0.2) is 5.54 Å². The van der Waals surface area contributed by atoms with Crippen LogP contribution in [-0.4, -0.2) is 42.7 Å². The summed E-state index contributed by atoms with van der Waals surface area (Å²) >= 11 is 0. The highest BCUT2D eigenvalue weighted by Crippen LogP contribution is 2.40. The maximum Gasteiger partial charge on any atom is 0.345 e. The minimum atomic E-state index is -2.48. The van der Waals surface area contributed by atoms with Crippen LogP contribution in [0.4, 0.5) is 0 Å². The molecule has 1 amide bonds. The molecule has 0 saturated heterocycles. The van der Waals surface area contributed by atoms with Gasteiger partial charge in [-0.05, 0) is 11.5 Å². The average Bonchev–Trinajstić information content (AvgIpc) is 2.57. The lowest BCUT2D eigenvalue weighted by molar-refractivity contribution is -0.192. The van der Waals surface area contributed by atoms with Crippen LogP contribution >= 0.6 is 0 Å². The minimum absolute atomic E-state index is 0.102. The van der Waals surface area contributed by atoms with Gasteiger partial charge in [0.1, 0.15) is 0 Å². The number of benzene rings is 1. The van der Waals surface area contributed by atoms with Crippen LogP contribution in [0.1, 0.15) is 26.3 Å². The lowest BCUT2D eigenvalue weighted by atomic mass is 9.68. The van der Waals surface area contributed by atoms with Crippen molar-refractivity contribution in [3.8, 4) is 0 Å². The van der Waals surface area contributed by atoms with Gasteiger partial charge in [0.05, 0.1) is 14.2 Å². The molecule has 0 saturated carbocycles. The van der Waals surface area contributed by atoms with Crippen molar-refractivity contribution in [2.45, 2.75) is 31.9 Å². The van der Waals surface area contributed by atoms with Crippen molar-refractivity contribution in [1.29, 1.82) is 0 Å². The van der Waals surface area contributed by atoms with Gasteiger partial charge in [0.2, 0.25) is 11.5 Å². The van der Waals surface area contributed by atoms with Crippen LogP contribution in [0.25, 0.3) is 0 Å². The van der Waals surface area contributed by atoms with E-state index in [-0.39, 0.29) is 5.56 Å². The number of hydrogen-bond donors (Lipinski definition) is 2. The first-order valence-electron chi connectivity index (χ1n) is 7.41. The van der Waals surface area contributed by atoms with E-state index < -0.39 is 34.9 Å². The van der Waals surface area contributed by atoms with E-state index in [1.807, 2.05) is 0 Å². The Labute approximate surface area is 141 Å². The highest BCUT2D eigenvalue weighted by Gasteiger charge is 2.65. The molecule has 0 unspecified atom stereocenters. The molecule has 1 aromatic rings. The fourth-order valence-corrected chi connectivity index (χ4v) is 2.86. The predicted molar refractivity (Wildman–Crippen MR) is 85.8 cm³/mol. The van der Waals surface area contributed by atoms with Gasteiger partial charge in [-0.1, -0.05) is 44.2 Å². The molecule has 0 aliphatic heterocycles. The second-order valence-corrected chi connectivity index (χ2v) is 5.70. The zero-order valence-electron chi connectivity index (χ0n) is 14.5. The third-order valence-corrected chi connectivity index (χ3v) is 3.99. The van der Waals surface area contributed by atoms with Crippen LogP contribution in [0.15, 0.2) is 30.3 Å². The summed E-state index contributed by atoms with van der Waals surface area (Å²) in [6, 6.07) is 7.82. The first kappa shape index (κ1) is 19.6. The number of ether oxygens (including phenoxy) is 2. The lowest BCUT2D eigenvalue weighted by Crippen LogP contribution is -2.72. The molecule has 0 fully saturated rings. The zero-order valence-corrected chi connectivity index (χ0v) is 14.5.